The molecule has 0 saturated heterocycles. The van der Waals surface area contributed by atoms with E-state index in [1.165, 1.54) is 11.9 Å². The van der Waals surface area contributed by atoms with E-state index in [4.69, 9.17) is 4.74 Å². The van der Waals surface area contributed by atoms with Crippen LogP contribution in [0.3, 0.4) is 0 Å². The Morgan fingerprint density at radius 2 is 1.68 bits per heavy atom. The highest BCUT2D eigenvalue weighted by Crippen LogP contribution is 2.23. The smallest absolute Gasteiger partial charge is 0.245 e. The molecule has 0 saturated carbocycles. The fourth-order valence-electron chi connectivity index (χ4n) is 2.51. The second-order valence-electron chi connectivity index (χ2n) is 5.75. The van der Waals surface area contributed by atoms with E-state index in [1.54, 1.807) is 6.20 Å². The van der Waals surface area contributed by atoms with Gasteiger partial charge in [0.15, 0.2) is 11.2 Å². The molecule has 0 unspecified atom stereocenters. The van der Waals surface area contributed by atoms with Gasteiger partial charge in [-0.15, -0.1) is 0 Å². The van der Waals surface area contributed by atoms with Crippen LogP contribution in [-0.4, -0.2) is 19.9 Å². The summed E-state index contributed by atoms with van der Waals surface area (Å²) < 4.78 is 5.86. The van der Waals surface area contributed by atoms with Crippen LogP contribution in [0.25, 0.3) is 22.4 Å². The first-order chi connectivity index (χ1) is 12.3. The summed E-state index contributed by atoms with van der Waals surface area (Å²) >= 11 is 0. The summed E-state index contributed by atoms with van der Waals surface area (Å²) in [6.45, 7) is 2.47. The molecule has 0 aliphatic heterocycles. The molecule has 0 aliphatic carbocycles. The molecule has 25 heavy (non-hydrogen) atoms. The van der Waals surface area contributed by atoms with E-state index in [9.17, 15) is 0 Å². The monoisotopic (exact) mass is 328 g/mol. The number of nitrogens with zero attached hydrogens (tertiary/aromatic N) is 4. The van der Waals surface area contributed by atoms with Crippen molar-refractivity contribution in [3.05, 3.63) is 78.2 Å². The number of aryl methyl sites for hydroxylation is 1. The summed E-state index contributed by atoms with van der Waals surface area (Å²) in [5, 5.41) is 0. The largest absolute Gasteiger partial charge is 0.471 e. The molecule has 0 amide bonds. The Morgan fingerprint density at radius 3 is 2.48 bits per heavy atom. The van der Waals surface area contributed by atoms with Crippen molar-refractivity contribution < 1.29 is 4.74 Å². The number of ether oxygens (including phenoxy) is 1. The van der Waals surface area contributed by atoms with E-state index < -0.39 is 0 Å². The van der Waals surface area contributed by atoms with Crippen molar-refractivity contribution in [1.29, 1.82) is 0 Å². The quantitative estimate of drug-likeness (QED) is 0.567. The predicted octanol–water partition coefficient (Wildman–Crippen LogP) is 3.97. The van der Waals surface area contributed by atoms with Crippen molar-refractivity contribution in [2.75, 3.05) is 0 Å². The highest BCUT2D eigenvalue weighted by Gasteiger charge is 2.10. The molecule has 2 heterocycles. The van der Waals surface area contributed by atoms with Crippen LogP contribution in [-0.2, 0) is 6.61 Å². The van der Waals surface area contributed by atoms with Crippen molar-refractivity contribution in [3.8, 4) is 17.1 Å². The van der Waals surface area contributed by atoms with Gasteiger partial charge in [0.2, 0.25) is 5.88 Å². The zero-order valence-electron chi connectivity index (χ0n) is 13.8. The van der Waals surface area contributed by atoms with E-state index in [-0.39, 0.29) is 0 Å². The van der Waals surface area contributed by atoms with Crippen LogP contribution in [0, 0.1) is 6.92 Å². The number of fused-ring (bicyclic) bond motifs is 1. The molecule has 0 atom stereocenters. The maximum absolute atomic E-state index is 5.86. The summed E-state index contributed by atoms with van der Waals surface area (Å²) in [4.78, 5) is 17.5. The van der Waals surface area contributed by atoms with E-state index >= 15 is 0 Å². The lowest BCUT2D eigenvalue weighted by atomic mass is 10.1. The van der Waals surface area contributed by atoms with Crippen LogP contribution in [0.1, 0.15) is 11.1 Å². The minimum Gasteiger partial charge on any atom is -0.471 e. The summed E-state index contributed by atoms with van der Waals surface area (Å²) in [6.07, 6.45) is 3.17. The molecule has 5 heteroatoms. The highest BCUT2D eigenvalue weighted by molar-refractivity contribution is 5.77. The maximum atomic E-state index is 5.86. The Hall–Kier alpha value is -3.34. The summed E-state index contributed by atoms with van der Waals surface area (Å²) in [5.41, 5.74) is 5.12. The van der Waals surface area contributed by atoms with Crippen LogP contribution in [0.2, 0.25) is 0 Å². The molecule has 122 valence electrons. The summed E-state index contributed by atoms with van der Waals surface area (Å²) in [6, 6.07) is 18.1. The van der Waals surface area contributed by atoms with Gasteiger partial charge in [-0.05, 0) is 12.5 Å². The molecule has 0 spiro atoms. The zero-order chi connectivity index (χ0) is 17.1. The first-order valence-electron chi connectivity index (χ1n) is 8.01. The molecule has 5 nitrogen and oxygen atoms in total. The average molecular weight is 328 g/mol. The van der Waals surface area contributed by atoms with Crippen molar-refractivity contribution in [3.63, 3.8) is 0 Å². The SMILES string of the molecule is Cc1ccc(-c2cnc3ncnc(OCc4ccccc4)c3n2)cc1. The molecular weight excluding hydrogens is 312 g/mol. The topological polar surface area (TPSA) is 60.8 Å². The van der Waals surface area contributed by atoms with Gasteiger partial charge in [0.1, 0.15) is 12.9 Å². The Morgan fingerprint density at radius 1 is 0.880 bits per heavy atom. The van der Waals surface area contributed by atoms with Crippen LogP contribution in [0.5, 0.6) is 5.88 Å². The third-order valence-corrected chi connectivity index (χ3v) is 3.88. The van der Waals surface area contributed by atoms with Gasteiger partial charge in [-0.2, -0.15) is 4.98 Å². The second kappa shape index (κ2) is 6.65. The Labute approximate surface area is 145 Å². The predicted molar refractivity (Wildman–Crippen MR) is 96.1 cm³/mol. The molecule has 2 aromatic carbocycles. The molecule has 0 N–H and O–H groups in total. The molecule has 2 aromatic heterocycles. The van der Waals surface area contributed by atoms with Crippen LogP contribution < -0.4 is 4.74 Å². The van der Waals surface area contributed by atoms with E-state index in [2.05, 4.69) is 39.0 Å². The zero-order valence-corrected chi connectivity index (χ0v) is 13.8. The number of aromatic nitrogens is 4. The maximum Gasteiger partial charge on any atom is 0.245 e. The fourth-order valence-corrected chi connectivity index (χ4v) is 2.51. The van der Waals surface area contributed by atoms with Gasteiger partial charge in [0, 0.05) is 5.56 Å². The van der Waals surface area contributed by atoms with Gasteiger partial charge in [-0.25, -0.2) is 15.0 Å². The third-order valence-electron chi connectivity index (χ3n) is 3.88. The minimum absolute atomic E-state index is 0.420. The molecule has 0 fully saturated rings. The minimum atomic E-state index is 0.420. The lowest BCUT2D eigenvalue weighted by molar-refractivity contribution is 0.297. The van der Waals surface area contributed by atoms with Crippen molar-refractivity contribution in [2.24, 2.45) is 0 Å². The lowest BCUT2D eigenvalue weighted by Crippen LogP contribution is -2.01. The normalized spacial score (nSPS) is 10.8. The number of rotatable bonds is 4. The van der Waals surface area contributed by atoms with Gasteiger partial charge in [0.05, 0.1) is 11.9 Å². The Kier molecular flexibility index (Phi) is 4.04. The highest BCUT2D eigenvalue weighted by atomic mass is 16.5. The lowest BCUT2D eigenvalue weighted by Gasteiger charge is -2.08. The molecule has 0 radical (unpaired) electrons. The second-order valence-corrected chi connectivity index (χ2v) is 5.75. The standard InChI is InChI=1S/C20H16N4O/c1-14-7-9-16(10-8-14)17-11-21-19-18(24-17)20(23-13-22-19)25-12-15-5-3-2-4-6-15/h2-11,13H,12H2,1H3. The van der Waals surface area contributed by atoms with E-state index in [0.29, 0.717) is 23.7 Å². The van der Waals surface area contributed by atoms with Gasteiger partial charge < -0.3 is 4.74 Å². The van der Waals surface area contributed by atoms with Crippen LogP contribution in [0.15, 0.2) is 67.1 Å². The van der Waals surface area contributed by atoms with Gasteiger partial charge in [0.25, 0.3) is 0 Å². The van der Waals surface area contributed by atoms with E-state index in [1.807, 2.05) is 42.5 Å². The Balaban J connectivity index is 1.69. The van der Waals surface area contributed by atoms with Gasteiger partial charge in [-0.1, -0.05) is 60.2 Å². The number of hydrogen-bond acceptors (Lipinski definition) is 5. The number of benzene rings is 2. The molecule has 4 rings (SSSR count). The third kappa shape index (κ3) is 3.30. The first-order valence-corrected chi connectivity index (χ1v) is 8.01. The van der Waals surface area contributed by atoms with Gasteiger partial charge in [-0.3, -0.25) is 0 Å². The average Bonchev–Trinajstić information content (AvgIpc) is 2.67. The van der Waals surface area contributed by atoms with Crippen molar-refractivity contribution in [1.82, 2.24) is 19.9 Å². The molecule has 0 bridgehead atoms. The molecular formula is C20H16N4O. The first kappa shape index (κ1) is 15.2. The molecule has 4 aromatic rings. The van der Waals surface area contributed by atoms with Crippen LogP contribution >= 0.6 is 0 Å². The fraction of sp³-hybridized carbons (Fsp3) is 0.100. The Bertz CT molecular complexity index is 1000. The molecule has 0 aliphatic rings. The van der Waals surface area contributed by atoms with Gasteiger partial charge >= 0.3 is 0 Å². The van der Waals surface area contributed by atoms with Crippen molar-refractivity contribution in [2.45, 2.75) is 13.5 Å². The summed E-state index contributed by atoms with van der Waals surface area (Å²) in [5.74, 6) is 0.440. The van der Waals surface area contributed by atoms with Crippen LogP contribution in [0.4, 0.5) is 0 Å². The van der Waals surface area contributed by atoms with E-state index in [0.717, 1.165) is 16.8 Å². The number of hydrogen-bond donors (Lipinski definition) is 0. The summed E-state index contributed by atoms with van der Waals surface area (Å²) in [7, 11) is 0. The van der Waals surface area contributed by atoms with Crippen molar-refractivity contribution >= 4 is 11.2 Å².